The first kappa shape index (κ1) is 14.4. The molecule has 2 aromatic rings. The van der Waals surface area contributed by atoms with Crippen molar-refractivity contribution in [1.29, 1.82) is 0 Å². The van der Waals surface area contributed by atoms with E-state index in [1.807, 2.05) is 0 Å². The minimum atomic E-state index is 0.254. The molecule has 0 radical (unpaired) electrons. The van der Waals surface area contributed by atoms with E-state index in [1.165, 1.54) is 16.3 Å². The zero-order chi connectivity index (χ0) is 14.7. The lowest BCUT2D eigenvalue weighted by Gasteiger charge is -2.15. The molecule has 112 valence electrons. The number of rotatable bonds is 5. The van der Waals surface area contributed by atoms with Crippen LogP contribution in [0.3, 0.4) is 0 Å². The summed E-state index contributed by atoms with van der Waals surface area (Å²) in [6.45, 7) is 0.633. The topological polar surface area (TPSA) is 44.5 Å². The van der Waals surface area contributed by atoms with Gasteiger partial charge in [0.25, 0.3) is 0 Å². The van der Waals surface area contributed by atoms with E-state index in [0.29, 0.717) is 12.6 Å². The van der Waals surface area contributed by atoms with E-state index < -0.39 is 0 Å². The number of benzene rings is 2. The van der Waals surface area contributed by atoms with Crippen LogP contribution in [0.5, 0.6) is 5.75 Å². The second-order valence-corrected chi connectivity index (χ2v) is 5.70. The number of ether oxygens (including phenoxy) is 2. The predicted octanol–water partition coefficient (Wildman–Crippen LogP) is 3.29. The molecule has 1 saturated heterocycles. The SMILES string of the molecule is COc1ccc2ccccc2c1CCC1CCC(CN)O1. The summed E-state index contributed by atoms with van der Waals surface area (Å²) in [4.78, 5) is 0. The molecule has 0 bridgehead atoms. The molecule has 3 nitrogen and oxygen atoms in total. The Morgan fingerprint density at radius 3 is 2.71 bits per heavy atom. The molecule has 1 aliphatic heterocycles. The quantitative estimate of drug-likeness (QED) is 0.917. The van der Waals surface area contributed by atoms with Crippen molar-refractivity contribution >= 4 is 10.8 Å². The van der Waals surface area contributed by atoms with Crippen LogP contribution in [0.25, 0.3) is 10.8 Å². The Bertz CT molecular complexity index is 611. The van der Waals surface area contributed by atoms with E-state index in [-0.39, 0.29) is 6.10 Å². The first-order valence-electron chi connectivity index (χ1n) is 7.72. The normalized spacial score (nSPS) is 21.8. The third-order valence-corrected chi connectivity index (χ3v) is 4.39. The third-order valence-electron chi connectivity index (χ3n) is 4.39. The maximum absolute atomic E-state index is 5.95. The minimum absolute atomic E-state index is 0.254. The summed E-state index contributed by atoms with van der Waals surface area (Å²) in [5, 5.41) is 2.55. The van der Waals surface area contributed by atoms with Crippen LogP contribution in [0, 0.1) is 0 Å². The van der Waals surface area contributed by atoms with Gasteiger partial charge in [-0.05, 0) is 42.5 Å². The molecule has 2 aromatic carbocycles. The summed E-state index contributed by atoms with van der Waals surface area (Å²) >= 11 is 0. The fourth-order valence-corrected chi connectivity index (χ4v) is 3.24. The molecule has 3 rings (SSSR count). The van der Waals surface area contributed by atoms with Gasteiger partial charge in [0.15, 0.2) is 0 Å². The van der Waals surface area contributed by atoms with Crippen LogP contribution >= 0.6 is 0 Å². The van der Waals surface area contributed by atoms with Crippen molar-refractivity contribution in [3.05, 3.63) is 42.0 Å². The standard InChI is InChI=1S/C18H23NO2/c1-20-18-11-6-13-4-2-3-5-16(13)17(18)10-9-14-7-8-15(12-19)21-14/h2-6,11,14-15H,7-10,12,19H2,1H3. The van der Waals surface area contributed by atoms with Gasteiger partial charge >= 0.3 is 0 Å². The highest BCUT2D eigenvalue weighted by molar-refractivity contribution is 5.87. The Kier molecular flexibility index (Phi) is 4.42. The Labute approximate surface area is 126 Å². The average Bonchev–Trinajstić information content (AvgIpc) is 3.00. The Balaban J connectivity index is 1.79. The molecule has 0 aliphatic carbocycles. The first-order valence-corrected chi connectivity index (χ1v) is 7.72. The molecular weight excluding hydrogens is 262 g/mol. The fourth-order valence-electron chi connectivity index (χ4n) is 3.24. The number of methoxy groups -OCH3 is 1. The summed E-state index contributed by atoms with van der Waals surface area (Å²) in [7, 11) is 1.74. The smallest absolute Gasteiger partial charge is 0.122 e. The second kappa shape index (κ2) is 6.46. The summed E-state index contributed by atoms with van der Waals surface area (Å²) in [5.74, 6) is 0.974. The lowest BCUT2D eigenvalue weighted by atomic mass is 9.97. The maximum Gasteiger partial charge on any atom is 0.122 e. The molecule has 1 fully saturated rings. The molecule has 2 unspecified atom stereocenters. The van der Waals surface area contributed by atoms with Crippen LogP contribution in [-0.4, -0.2) is 25.9 Å². The Morgan fingerprint density at radius 1 is 1.14 bits per heavy atom. The van der Waals surface area contributed by atoms with E-state index in [2.05, 4.69) is 36.4 Å². The van der Waals surface area contributed by atoms with Crippen LogP contribution < -0.4 is 10.5 Å². The molecule has 3 heteroatoms. The van der Waals surface area contributed by atoms with E-state index in [1.54, 1.807) is 7.11 Å². The number of nitrogens with two attached hydrogens (primary N) is 1. The summed E-state index contributed by atoms with van der Waals surface area (Å²) in [6, 6.07) is 12.7. The van der Waals surface area contributed by atoms with Gasteiger partial charge in [0.1, 0.15) is 5.75 Å². The van der Waals surface area contributed by atoms with Gasteiger partial charge in [-0.3, -0.25) is 0 Å². The molecule has 0 aromatic heterocycles. The lowest BCUT2D eigenvalue weighted by molar-refractivity contribution is 0.0458. The zero-order valence-corrected chi connectivity index (χ0v) is 12.5. The van der Waals surface area contributed by atoms with Crippen molar-refractivity contribution in [2.75, 3.05) is 13.7 Å². The number of hydrogen-bond donors (Lipinski definition) is 1. The van der Waals surface area contributed by atoms with Crippen molar-refractivity contribution in [2.24, 2.45) is 5.73 Å². The second-order valence-electron chi connectivity index (χ2n) is 5.70. The van der Waals surface area contributed by atoms with E-state index in [9.17, 15) is 0 Å². The zero-order valence-electron chi connectivity index (χ0n) is 12.5. The molecule has 21 heavy (non-hydrogen) atoms. The Morgan fingerprint density at radius 2 is 1.95 bits per heavy atom. The predicted molar refractivity (Wildman–Crippen MR) is 85.8 cm³/mol. The molecule has 0 amide bonds. The highest BCUT2D eigenvalue weighted by atomic mass is 16.5. The van der Waals surface area contributed by atoms with Gasteiger partial charge in [-0.2, -0.15) is 0 Å². The van der Waals surface area contributed by atoms with Crippen LogP contribution in [0.15, 0.2) is 36.4 Å². The van der Waals surface area contributed by atoms with E-state index in [0.717, 1.165) is 31.4 Å². The van der Waals surface area contributed by atoms with Crippen molar-refractivity contribution < 1.29 is 9.47 Å². The molecule has 2 atom stereocenters. The summed E-state index contributed by atoms with van der Waals surface area (Å²) in [6.07, 6.45) is 4.81. The van der Waals surface area contributed by atoms with Crippen molar-refractivity contribution in [1.82, 2.24) is 0 Å². The van der Waals surface area contributed by atoms with Gasteiger partial charge in [0, 0.05) is 12.1 Å². The van der Waals surface area contributed by atoms with E-state index >= 15 is 0 Å². The summed E-state index contributed by atoms with van der Waals surface area (Å²) in [5.41, 5.74) is 6.97. The number of aryl methyl sites for hydroxylation is 1. The molecule has 1 aliphatic rings. The van der Waals surface area contributed by atoms with Crippen LogP contribution in [0.1, 0.15) is 24.8 Å². The van der Waals surface area contributed by atoms with Crippen LogP contribution in [-0.2, 0) is 11.2 Å². The largest absolute Gasteiger partial charge is 0.496 e. The van der Waals surface area contributed by atoms with Gasteiger partial charge < -0.3 is 15.2 Å². The van der Waals surface area contributed by atoms with Crippen molar-refractivity contribution in [3.8, 4) is 5.75 Å². The van der Waals surface area contributed by atoms with Crippen LogP contribution in [0.4, 0.5) is 0 Å². The first-order chi connectivity index (χ1) is 10.3. The molecule has 0 saturated carbocycles. The number of fused-ring (bicyclic) bond motifs is 1. The van der Waals surface area contributed by atoms with Gasteiger partial charge in [0.2, 0.25) is 0 Å². The monoisotopic (exact) mass is 285 g/mol. The summed E-state index contributed by atoms with van der Waals surface area (Å²) < 4.78 is 11.5. The molecule has 2 N–H and O–H groups in total. The Hall–Kier alpha value is -1.58. The van der Waals surface area contributed by atoms with Crippen molar-refractivity contribution in [3.63, 3.8) is 0 Å². The minimum Gasteiger partial charge on any atom is -0.496 e. The molecule has 0 spiro atoms. The van der Waals surface area contributed by atoms with Gasteiger partial charge in [-0.1, -0.05) is 30.3 Å². The number of hydrogen-bond acceptors (Lipinski definition) is 3. The lowest BCUT2D eigenvalue weighted by Crippen LogP contribution is -2.20. The van der Waals surface area contributed by atoms with Gasteiger partial charge in [0.05, 0.1) is 19.3 Å². The molecule has 1 heterocycles. The van der Waals surface area contributed by atoms with Crippen LogP contribution in [0.2, 0.25) is 0 Å². The average molecular weight is 285 g/mol. The molecular formula is C18H23NO2. The van der Waals surface area contributed by atoms with Gasteiger partial charge in [-0.25, -0.2) is 0 Å². The highest BCUT2D eigenvalue weighted by Gasteiger charge is 2.24. The van der Waals surface area contributed by atoms with Crippen molar-refractivity contribution in [2.45, 2.75) is 37.9 Å². The van der Waals surface area contributed by atoms with E-state index in [4.69, 9.17) is 15.2 Å². The van der Waals surface area contributed by atoms with Gasteiger partial charge in [-0.15, -0.1) is 0 Å². The third kappa shape index (κ3) is 3.04. The maximum atomic E-state index is 5.95. The fraction of sp³-hybridized carbons (Fsp3) is 0.444. The highest BCUT2D eigenvalue weighted by Crippen LogP contribution is 2.31.